The van der Waals surface area contributed by atoms with Crippen molar-refractivity contribution in [1.29, 1.82) is 5.26 Å². The number of hydrogen-bond acceptors (Lipinski definition) is 5. The first-order valence-corrected chi connectivity index (χ1v) is 9.20. The molecule has 0 bridgehead atoms. The van der Waals surface area contributed by atoms with Gasteiger partial charge in [-0.1, -0.05) is 12.1 Å². The van der Waals surface area contributed by atoms with Crippen LogP contribution in [0.3, 0.4) is 0 Å². The second-order valence-electron chi connectivity index (χ2n) is 5.57. The van der Waals surface area contributed by atoms with Gasteiger partial charge in [0.2, 0.25) is 0 Å². The first-order valence-electron chi connectivity index (χ1n) is 7.57. The van der Waals surface area contributed by atoms with Gasteiger partial charge in [-0.15, -0.1) is 22.7 Å². The minimum atomic E-state index is 0.272. The third-order valence-electron chi connectivity index (χ3n) is 4.16. The summed E-state index contributed by atoms with van der Waals surface area (Å²) >= 11 is 3.13. The molecule has 0 unspecified atom stereocenters. The average Bonchev–Trinajstić information content (AvgIpc) is 3.10. The zero-order valence-corrected chi connectivity index (χ0v) is 14.0. The van der Waals surface area contributed by atoms with Crippen molar-refractivity contribution < 1.29 is 5.11 Å². The Hall–Kier alpha value is -2.16. The van der Waals surface area contributed by atoms with E-state index in [9.17, 15) is 10.4 Å². The molecule has 0 aliphatic heterocycles. The number of nitriles is 1. The normalized spacial score (nSPS) is 14.2. The SMILES string of the molecule is N#Cc1c(/N=C/c2sc3ccccc3c2O)sc2c1CCCC2. The molecule has 3 nitrogen and oxygen atoms in total. The van der Waals surface area contributed by atoms with Crippen LogP contribution in [0.1, 0.15) is 33.7 Å². The Balaban J connectivity index is 1.75. The van der Waals surface area contributed by atoms with Gasteiger partial charge in [0.25, 0.3) is 0 Å². The summed E-state index contributed by atoms with van der Waals surface area (Å²) in [6.45, 7) is 0. The molecule has 114 valence electrons. The molecule has 0 fully saturated rings. The van der Waals surface area contributed by atoms with Gasteiger partial charge in [0, 0.05) is 21.2 Å². The molecule has 1 aromatic carbocycles. The third kappa shape index (κ3) is 2.44. The Labute approximate surface area is 142 Å². The highest BCUT2D eigenvalue weighted by Gasteiger charge is 2.20. The molecule has 0 radical (unpaired) electrons. The van der Waals surface area contributed by atoms with Crippen molar-refractivity contribution in [2.24, 2.45) is 4.99 Å². The lowest BCUT2D eigenvalue weighted by molar-refractivity contribution is 0.483. The van der Waals surface area contributed by atoms with Crippen LogP contribution in [0.25, 0.3) is 10.1 Å². The summed E-state index contributed by atoms with van der Waals surface area (Å²) in [4.78, 5) is 6.57. The third-order valence-corrected chi connectivity index (χ3v) is 6.45. The van der Waals surface area contributed by atoms with Crippen molar-refractivity contribution >= 4 is 44.0 Å². The van der Waals surface area contributed by atoms with Gasteiger partial charge in [-0.3, -0.25) is 0 Å². The van der Waals surface area contributed by atoms with E-state index in [2.05, 4.69) is 11.1 Å². The van der Waals surface area contributed by atoms with Crippen LogP contribution in [0.5, 0.6) is 5.75 Å². The molecule has 3 aromatic rings. The average molecular weight is 338 g/mol. The Morgan fingerprint density at radius 3 is 2.83 bits per heavy atom. The van der Waals surface area contributed by atoms with E-state index in [0.29, 0.717) is 0 Å². The molecule has 1 N–H and O–H groups in total. The van der Waals surface area contributed by atoms with Crippen LogP contribution < -0.4 is 0 Å². The second-order valence-corrected chi connectivity index (χ2v) is 7.74. The van der Waals surface area contributed by atoms with E-state index in [1.165, 1.54) is 28.2 Å². The molecule has 0 atom stereocenters. The number of rotatable bonds is 2. The van der Waals surface area contributed by atoms with Gasteiger partial charge in [0.05, 0.1) is 10.4 Å². The van der Waals surface area contributed by atoms with Crippen molar-refractivity contribution in [3.05, 3.63) is 45.1 Å². The van der Waals surface area contributed by atoms with E-state index in [1.54, 1.807) is 17.6 Å². The molecule has 1 aliphatic rings. The lowest BCUT2D eigenvalue weighted by atomic mass is 9.96. The molecule has 0 spiro atoms. The summed E-state index contributed by atoms with van der Waals surface area (Å²) < 4.78 is 1.04. The number of thiophene rings is 2. The summed E-state index contributed by atoms with van der Waals surface area (Å²) in [7, 11) is 0. The molecule has 2 aromatic heterocycles. The highest BCUT2D eigenvalue weighted by Crippen LogP contribution is 2.40. The number of aryl methyl sites for hydroxylation is 1. The predicted octanol–water partition coefficient (Wildman–Crippen LogP) is 5.17. The summed E-state index contributed by atoms with van der Waals surface area (Å²) in [5, 5.41) is 21.4. The lowest BCUT2D eigenvalue weighted by Crippen LogP contribution is -1.99. The summed E-state index contributed by atoms with van der Waals surface area (Å²) in [6, 6.07) is 10.1. The minimum Gasteiger partial charge on any atom is -0.506 e. The van der Waals surface area contributed by atoms with E-state index in [-0.39, 0.29) is 5.75 Å². The zero-order valence-electron chi connectivity index (χ0n) is 12.4. The van der Waals surface area contributed by atoms with Crippen LogP contribution in [0.15, 0.2) is 29.3 Å². The first kappa shape index (κ1) is 14.4. The van der Waals surface area contributed by atoms with E-state index < -0.39 is 0 Å². The Morgan fingerprint density at radius 1 is 1.17 bits per heavy atom. The van der Waals surface area contributed by atoms with Crippen molar-refractivity contribution in [2.45, 2.75) is 25.7 Å². The van der Waals surface area contributed by atoms with Crippen LogP contribution >= 0.6 is 22.7 Å². The fourth-order valence-corrected chi connectivity index (χ4v) is 5.17. The summed E-state index contributed by atoms with van der Waals surface area (Å²) in [5.74, 6) is 0.272. The molecule has 23 heavy (non-hydrogen) atoms. The number of nitrogens with zero attached hydrogens (tertiary/aromatic N) is 2. The van der Waals surface area contributed by atoms with Gasteiger partial charge in [0.1, 0.15) is 16.8 Å². The summed E-state index contributed by atoms with van der Waals surface area (Å²) in [6.07, 6.45) is 6.08. The van der Waals surface area contributed by atoms with Gasteiger partial charge in [-0.05, 0) is 43.4 Å². The Morgan fingerprint density at radius 2 is 2.00 bits per heavy atom. The van der Waals surface area contributed by atoms with E-state index in [4.69, 9.17) is 0 Å². The number of benzene rings is 1. The number of aliphatic imine (C=N–C) groups is 1. The fourth-order valence-electron chi connectivity index (χ4n) is 3.01. The first-order chi connectivity index (χ1) is 11.3. The van der Waals surface area contributed by atoms with Crippen LogP contribution in [0, 0.1) is 11.3 Å². The number of hydrogen-bond donors (Lipinski definition) is 1. The molecule has 1 aliphatic carbocycles. The van der Waals surface area contributed by atoms with Crippen molar-refractivity contribution in [2.75, 3.05) is 0 Å². The topological polar surface area (TPSA) is 56.4 Å². The van der Waals surface area contributed by atoms with Gasteiger partial charge >= 0.3 is 0 Å². The van der Waals surface area contributed by atoms with Crippen molar-refractivity contribution in [1.82, 2.24) is 0 Å². The molecule has 5 heteroatoms. The largest absolute Gasteiger partial charge is 0.506 e. The molecule has 4 rings (SSSR count). The van der Waals surface area contributed by atoms with Gasteiger partial charge < -0.3 is 5.11 Å². The van der Waals surface area contributed by atoms with E-state index in [1.807, 2.05) is 24.3 Å². The molecule has 0 saturated heterocycles. The second kappa shape index (κ2) is 5.80. The maximum atomic E-state index is 10.3. The van der Waals surface area contributed by atoms with Gasteiger partial charge in [0.15, 0.2) is 0 Å². The minimum absolute atomic E-state index is 0.272. The van der Waals surface area contributed by atoms with Gasteiger partial charge in [-0.25, -0.2) is 4.99 Å². The monoisotopic (exact) mass is 338 g/mol. The maximum Gasteiger partial charge on any atom is 0.142 e. The number of aromatic hydroxyl groups is 1. The molecule has 0 saturated carbocycles. The highest BCUT2D eigenvalue weighted by atomic mass is 32.1. The van der Waals surface area contributed by atoms with Crippen LogP contribution in [-0.4, -0.2) is 11.3 Å². The standard InChI is InChI=1S/C18H14N2OS2/c19-9-13-11-5-1-3-7-14(11)23-18(13)20-10-16-17(21)12-6-2-4-8-15(12)22-16/h2,4,6,8,10,21H,1,3,5,7H2/b20-10+. The predicted molar refractivity (Wildman–Crippen MR) is 96.4 cm³/mol. The van der Waals surface area contributed by atoms with Gasteiger partial charge in [-0.2, -0.15) is 5.26 Å². The highest BCUT2D eigenvalue weighted by molar-refractivity contribution is 7.21. The van der Waals surface area contributed by atoms with Crippen LogP contribution in [0.2, 0.25) is 0 Å². The van der Waals surface area contributed by atoms with E-state index in [0.717, 1.165) is 44.8 Å². The van der Waals surface area contributed by atoms with Crippen molar-refractivity contribution in [3.8, 4) is 11.8 Å². The zero-order chi connectivity index (χ0) is 15.8. The Bertz CT molecular complexity index is 959. The smallest absolute Gasteiger partial charge is 0.142 e. The molecule has 2 heterocycles. The Kier molecular flexibility index (Phi) is 3.64. The van der Waals surface area contributed by atoms with Crippen LogP contribution in [-0.2, 0) is 12.8 Å². The fraction of sp³-hybridized carbons (Fsp3) is 0.222. The lowest BCUT2D eigenvalue weighted by Gasteiger charge is -2.09. The number of fused-ring (bicyclic) bond motifs is 2. The molecular weight excluding hydrogens is 324 g/mol. The van der Waals surface area contributed by atoms with Crippen molar-refractivity contribution in [3.63, 3.8) is 0 Å². The van der Waals surface area contributed by atoms with Crippen LogP contribution in [0.4, 0.5) is 5.00 Å². The quantitative estimate of drug-likeness (QED) is 0.655. The molecule has 0 amide bonds. The molecular formula is C18H14N2OS2. The van der Waals surface area contributed by atoms with E-state index >= 15 is 0 Å². The maximum absolute atomic E-state index is 10.3. The summed E-state index contributed by atoms with van der Waals surface area (Å²) in [5.41, 5.74) is 1.91.